The molecule has 2 aromatic rings. The Morgan fingerprint density at radius 3 is 1.46 bits per heavy atom. The van der Waals surface area contributed by atoms with Crippen molar-refractivity contribution < 1.29 is 28.5 Å². The van der Waals surface area contributed by atoms with E-state index in [1.807, 2.05) is 12.1 Å². The fourth-order valence-corrected chi connectivity index (χ4v) is 2.59. The Balaban J connectivity index is 1.58. The summed E-state index contributed by atoms with van der Waals surface area (Å²) in [6, 6.07) is 14.3. The van der Waals surface area contributed by atoms with Crippen molar-refractivity contribution in [2.75, 3.05) is 26.4 Å². The molecule has 8 heteroatoms. The summed E-state index contributed by atoms with van der Waals surface area (Å²) in [5.74, 6) is -0.0252. The molecule has 0 heterocycles. The van der Waals surface area contributed by atoms with Gasteiger partial charge in [-0.15, -0.1) is 0 Å². The van der Waals surface area contributed by atoms with E-state index < -0.39 is 11.9 Å². The molecule has 0 atom stereocenters. The number of hydrogen-bond acceptors (Lipinski definition) is 6. The van der Waals surface area contributed by atoms with Gasteiger partial charge in [-0.2, -0.15) is 0 Å². The number of carbonyl (C=O) groups is 2. The summed E-state index contributed by atoms with van der Waals surface area (Å²) in [5.41, 5.74) is 0. The number of rotatable bonds is 9. The molecule has 2 rings (SSSR count). The highest BCUT2D eigenvalue weighted by atomic mass is 79.9. The van der Waals surface area contributed by atoms with E-state index in [9.17, 15) is 9.59 Å². The molecule has 0 aliphatic carbocycles. The molecular weight excluding hydrogens is 472 g/mol. The molecule has 0 N–H and O–H groups in total. The largest absolute Gasteiger partial charge is 0.481 e. The molecule has 138 valence electrons. The molecule has 26 heavy (non-hydrogen) atoms. The molecule has 0 aromatic heterocycles. The fourth-order valence-electron chi connectivity index (χ4n) is 1.79. The number of para-hydroxylation sites is 2. The molecule has 2 aromatic carbocycles. The molecule has 0 saturated carbocycles. The molecule has 0 saturated heterocycles. The highest BCUT2D eigenvalue weighted by Crippen LogP contribution is 2.24. The molecule has 0 spiro atoms. The van der Waals surface area contributed by atoms with Crippen molar-refractivity contribution in [3.8, 4) is 11.5 Å². The third kappa shape index (κ3) is 7.05. The fraction of sp³-hybridized carbons (Fsp3) is 0.222. The van der Waals surface area contributed by atoms with E-state index in [2.05, 4.69) is 31.9 Å². The van der Waals surface area contributed by atoms with Gasteiger partial charge in [0.25, 0.3) is 0 Å². The van der Waals surface area contributed by atoms with Crippen LogP contribution in [0.15, 0.2) is 57.5 Å². The van der Waals surface area contributed by atoms with Gasteiger partial charge in [-0.05, 0) is 56.1 Å². The maximum Gasteiger partial charge on any atom is 0.344 e. The third-order valence-electron chi connectivity index (χ3n) is 2.97. The summed E-state index contributed by atoms with van der Waals surface area (Å²) in [6.07, 6.45) is 0. The molecule has 0 radical (unpaired) electrons. The van der Waals surface area contributed by atoms with Gasteiger partial charge in [-0.25, -0.2) is 9.59 Å². The zero-order valence-corrected chi connectivity index (χ0v) is 16.8. The molecule has 0 aliphatic heterocycles. The predicted octanol–water partition coefficient (Wildman–Crippen LogP) is 3.76. The van der Waals surface area contributed by atoms with Gasteiger partial charge in [0.2, 0.25) is 0 Å². The van der Waals surface area contributed by atoms with E-state index in [4.69, 9.17) is 18.9 Å². The van der Waals surface area contributed by atoms with Gasteiger partial charge in [0.1, 0.15) is 24.7 Å². The van der Waals surface area contributed by atoms with E-state index >= 15 is 0 Å². The Kier molecular flexibility index (Phi) is 8.43. The highest BCUT2D eigenvalue weighted by Gasteiger charge is 2.09. The van der Waals surface area contributed by atoms with Crippen LogP contribution in [0, 0.1) is 0 Å². The zero-order valence-electron chi connectivity index (χ0n) is 13.7. The minimum Gasteiger partial charge on any atom is -0.481 e. The van der Waals surface area contributed by atoms with Crippen molar-refractivity contribution in [3.05, 3.63) is 57.5 Å². The lowest BCUT2D eigenvalue weighted by molar-refractivity contribution is -0.154. The lowest BCUT2D eigenvalue weighted by Gasteiger charge is -2.09. The molecule has 0 fully saturated rings. The van der Waals surface area contributed by atoms with E-state index in [0.717, 1.165) is 8.95 Å². The Labute approximate surface area is 167 Å². The normalized spacial score (nSPS) is 10.1. The van der Waals surface area contributed by atoms with Crippen LogP contribution in [0.2, 0.25) is 0 Å². The second kappa shape index (κ2) is 10.8. The number of benzene rings is 2. The number of hydrogen-bond donors (Lipinski definition) is 0. The van der Waals surface area contributed by atoms with Crippen molar-refractivity contribution in [3.63, 3.8) is 0 Å². The first-order chi connectivity index (χ1) is 12.6. The Morgan fingerprint density at radius 1 is 0.692 bits per heavy atom. The molecule has 0 amide bonds. The van der Waals surface area contributed by atoms with Crippen molar-refractivity contribution >= 4 is 43.8 Å². The standard InChI is InChI=1S/C18H16Br2O6/c19-13-5-1-3-7-15(13)25-11-17(21)23-9-10-24-18(22)12-26-16-8-4-2-6-14(16)20/h1-8H,9-12H2. The van der Waals surface area contributed by atoms with Gasteiger partial charge in [-0.1, -0.05) is 24.3 Å². The molecule has 0 unspecified atom stereocenters. The minimum atomic E-state index is -0.554. The zero-order chi connectivity index (χ0) is 18.8. The summed E-state index contributed by atoms with van der Waals surface area (Å²) in [7, 11) is 0. The molecule has 0 aliphatic rings. The smallest absolute Gasteiger partial charge is 0.344 e. The van der Waals surface area contributed by atoms with Gasteiger partial charge >= 0.3 is 11.9 Å². The van der Waals surface area contributed by atoms with Gasteiger partial charge in [0, 0.05) is 0 Å². The van der Waals surface area contributed by atoms with Crippen LogP contribution in [0.25, 0.3) is 0 Å². The number of halogens is 2. The number of esters is 2. The summed E-state index contributed by atoms with van der Waals surface area (Å²) in [6.45, 7) is -0.582. The summed E-state index contributed by atoms with van der Waals surface area (Å²) in [5, 5.41) is 0. The molecule has 6 nitrogen and oxygen atoms in total. The quantitative estimate of drug-likeness (QED) is 0.396. The van der Waals surface area contributed by atoms with Gasteiger partial charge in [-0.3, -0.25) is 0 Å². The Bertz CT molecular complexity index is 686. The highest BCUT2D eigenvalue weighted by molar-refractivity contribution is 9.10. The van der Waals surface area contributed by atoms with E-state index in [1.54, 1.807) is 36.4 Å². The first-order valence-corrected chi connectivity index (χ1v) is 9.21. The van der Waals surface area contributed by atoms with Crippen molar-refractivity contribution in [1.82, 2.24) is 0 Å². The molecule has 0 bridgehead atoms. The van der Waals surface area contributed by atoms with E-state index in [1.165, 1.54) is 0 Å². The van der Waals surface area contributed by atoms with E-state index in [-0.39, 0.29) is 26.4 Å². The van der Waals surface area contributed by atoms with Crippen LogP contribution in [-0.2, 0) is 19.1 Å². The van der Waals surface area contributed by atoms with Crippen molar-refractivity contribution in [2.45, 2.75) is 0 Å². The van der Waals surface area contributed by atoms with Crippen LogP contribution >= 0.6 is 31.9 Å². The van der Waals surface area contributed by atoms with Crippen molar-refractivity contribution in [1.29, 1.82) is 0 Å². The Hall–Kier alpha value is -2.06. The van der Waals surface area contributed by atoms with Crippen LogP contribution in [0.5, 0.6) is 11.5 Å². The van der Waals surface area contributed by atoms with Gasteiger partial charge < -0.3 is 18.9 Å². The monoisotopic (exact) mass is 486 g/mol. The Morgan fingerprint density at radius 2 is 1.08 bits per heavy atom. The third-order valence-corrected chi connectivity index (χ3v) is 4.28. The first kappa shape index (κ1) is 20.3. The summed E-state index contributed by atoms with van der Waals surface area (Å²) < 4.78 is 22.0. The van der Waals surface area contributed by atoms with Crippen LogP contribution in [-0.4, -0.2) is 38.4 Å². The number of ether oxygens (including phenoxy) is 4. The second-order valence-corrected chi connectivity index (χ2v) is 6.59. The van der Waals surface area contributed by atoms with E-state index in [0.29, 0.717) is 11.5 Å². The number of carbonyl (C=O) groups excluding carboxylic acids is 2. The second-order valence-electron chi connectivity index (χ2n) is 4.88. The minimum absolute atomic E-state index is 0.0566. The molecular formula is C18H16Br2O6. The first-order valence-electron chi connectivity index (χ1n) is 7.62. The van der Waals surface area contributed by atoms with Crippen LogP contribution in [0.3, 0.4) is 0 Å². The average molecular weight is 488 g/mol. The maximum atomic E-state index is 11.6. The lowest BCUT2D eigenvalue weighted by atomic mass is 10.3. The van der Waals surface area contributed by atoms with Crippen LogP contribution in [0.4, 0.5) is 0 Å². The predicted molar refractivity (Wildman–Crippen MR) is 101 cm³/mol. The summed E-state index contributed by atoms with van der Waals surface area (Å²) >= 11 is 6.63. The topological polar surface area (TPSA) is 71.1 Å². The maximum absolute atomic E-state index is 11.6. The van der Waals surface area contributed by atoms with Crippen LogP contribution in [0.1, 0.15) is 0 Å². The summed E-state index contributed by atoms with van der Waals surface area (Å²) in [4.78, 5) is 23.2. The SMILES string of the molecule is O=C(COc1ccccc1Br)OCCOC(=O)COc1ccccc1Br. The van der Waals surface area contributed by atoms with Gasteiger partial charge in [0.15, 0.2) is 13.2 Å². The lowest BCUT2D eigenvalue weighted by Crippen LogP contribution is -2.21. The van der Waals surface area contributed by atoms with Crippen molar-refractivity contribution in [2.24, 2.45) is 0 Å². The van der Waals surface area contributed by atoms with Crippen LogP contribution < -0.4 is 9.47 Å². The van der Waals surface area contributed by atoms with Gasteiger partial charge in [0.05, 0.1) is 8.95 Å². The average Bonchev–Trinajstić information content (AvgIpc) is 2.64.